The molecular formula is C22H28FN3. The van der Waals surface area contributed by atoms with E-state index in [1.807, 2.05) is 81.9 Å². The molecule has 0 radical (unpaired) electrons. The molecule has 1 N–H and O–H groups in total. The Kier molecular flexibility index (Phi) is 7.10. The molecule has 3 nitrogen and oxygen atoms in total. The van der Waals surface area contributed by atoms with Gasteiger partial charge in [-0.15, -0.1) is 0 Å². The highest BCUT2D eigenvalue weighted by Crippen LogP contribution is 2.30. The average Bonchev–Trinajstić information content (AvgIpc) is 2.93. The van der Waals surface area contributed by atoms with Crippen LogP contribution in [-0.2, 0) is 6.54 Å². The van der Waals surface area contributed by atoms with Gasteiger partial charge in [0.25, 0.3) is 0 Å². The zero-order valence-electron chi connectivity index (χ0n) is 16.3. The van der Waals surface area contributed by atoms with Crippen molar-refractivity contribution in [3.05, 3.63) is 76.9 Å². The van der Waals surface area contributed by atoms with Crippen molar-refractivity contribution in [1.82, 2.24) is 15.1 Å². The second-order valence-electron chi connectivity index (χ2n) is 6.48. The number of allylic oxidation sites excluding steroid dienone is 6. The lowest BCUT2D eigenvalue weighted by Crippen LogP contribution is -2.11. The van der Waals surface area contributed by atoms with Crippen molar-refractivity contribution in [1.29, 1.82) is 0 Å². The van der Waals surface area contributed by atoms with Gasteiger partial charge in [-0.05, 0) is 58.5 Å². The summed E-state index contributed by atoms with van der Waals surface area (Å²) >= 11 is 0. The molecule has 0 bridgehead atoms. The average molecular weight is 353 g/mol. The van der Waals surface area contributed by atoms with E-state index in [9.17, 15) is 4.39 Å². The third-order valence-electron chi connectivity index (χ3n) is 4.07. The molecule has 0 aliphatic rings. The van der Waals surface area contributed by atoms with Crippen molar-refractivity contribution in [3.8, 4) is 5.69 Å². The van der Waals surface area contributed by atoms with Crippen LogP contribution in [0.4, 0.5) is 4.39 Å². The second-order valence-corrected chi connectivity index (χ2v) is 6.48. The van der Waals surface area contributed by atoms with Crippen molar-refractivity contribution in [3.63, 3.8) is 0 Å². The highest BCUT2D eigenvalue weighted by molar-refractivity contribution is 5.78. The Morgan fingerprint density at radius 2 is 1.88 bits per heavy atom. The first kappa shape index (κ1) is 19.9. The van der Waals surface area contributed by atoms with Gasteiger partial charge in [0.1, 0.15) is 5.83 Å². The third kappa shape index (κ3) is 4.58. The van der Waals surface area contributed by atoms with Crippen molar-refractivity contribution >= 4 is 5.57 Å². The fourth-order valence-corrected chi connectivity index (χ4v) is 2.76. The number of rotatable bonds is 7. The zero-order valence-corrected chi connectivity index (χ0v) is 16.3. The molecule has 0 unspecified atom stereocenters. The Labute approximate surface area is 155 Å². The van der Waals surface area contributed by atoms with Crippen molar-refractivity contribution in [2.45, 2.75) is 40.7 Å². The quantitative estimate of drug-likeness (QED) is 0.665. The van der Waals surface area contributed by atoms with Crippen LogP contribution in [0.5, 0.6) is 0 Å². The molecule has 0 spiro atoms. The first-order valence-electron chi connectivity index (χ1n) is 8.99. The Hall–Kier alpha value is -2.46. The van der Waals surface area contributed by atoms with Gasteiger partial charge in [0.15, 0.2) is 0 Å². The molecule has 0 atom stereocenters. The fourth-order valence-electron chi connectivity index (χ4n) is 2.76. The molecule has 2 rings (SSSR count). The maximum Gasteiger partial charge on any atom is 0.128 e. The molecule has 4 heteroatoms. The topological polar surface area (TPSA) is 29.9 Å². The summed E-state index contributed by atoms with van der Waals surface area (Å²) in [4.78, 5) is 0. The van der Waals surface area contributed by atoms with Crippen LogP contribution in [-0.4, -0.2) is 16.8 Å². The highest BCUT2D eigenvalue weighted by atomic mass is 19.1. The molecule has 0 saturated carbocycles. The smallest absolute Gasteiger partial charge is 0.128 e. The lowest BCUT2D eigenvalue weighted by Gasteiger charge is -2.07. The van der Waals surface area contributed by atoms with E-state index in [1.165, 1.54) is 0 Å². The Morgan fingerprint density at radius 3 is 2.46 bits per heavy atom. The van der Waals surface area contributed by atoms with Crippen LogP contribution in [0.15, 0.2) is 60.0 Å². The first-order chi connectivity index (χ1) is 12.5. The minimum atomic E-state index is -0.234. The van der Waals surface area contributed by atoms with Crippen molar-refractivity contribution < 1.29 is 4.39 Å². The normalized spacial score (nSPS) is 12.4. The van der Waals surface area contributed by atoms with Gasteiger partial charge >= 0.3 is 0 Å². The monoisotopic (exact) mass is 353 g/mol. The number of aromatic nitrogens is 2. The van der Waals surface area contributed by atoms with E-state index in [0.29, 0.717) is 24.2 Å². The van der Waals surface area contributed by atoms with Crippen LogP contribution < -0.4 is 5.32 Å². The summed E-state index contributed by atoms with van der Waals surface area (Å²) in [6.45, 7) is 8.58. The van der Waals surface area contributed by atoms with Crippen molar-refractivity contribution in [2.75, 3.05) is 7.05 Å². The fraction of sp³-hybridized carbons (Fsp3) is 0.318. The molecule has 0 aliphatic heterocycles. The van der Waals surface area contributed by atoms with Gasteiger partial charge in [-0.1, -0.05) is 36.8 Å². The molecule has 1 heterocycles. The summed E-state index contributed by atoms with van der Waals surface area (Å²) in [5, 5.41) is 7.97. The predicted molar refractivity (Wildman–Crippen MR) is 108 cm³/mol. The number of para-hydroxylation sites is 1. The summed E-state index contributed by atoms with van der Waals surface area (Å²) in [7, 11) is 1.90. The molecular weight excluding hydrogens is 325 g/mol. The van der Waals surface area contributed by atoms with E-state index in [2.05, 4.69) is 5.32 Å². The predicted octanol–water partition coefficient (Wildman–Crippen LogP) is 5.51. The molecule has 1 aromatic heterocycles. The SMILES string of the molecule is CC/C=C(F)\C(=C/C=C(C)C)c1nn(-c2ccccc2)c(CNC)c1C. The van der Waals surface area contributed by atoms with Crippen LogP contribution in [0.1, 0.15) is 44.1 Å². The molecule has 1 aromatic carbocycles. The van der Waals surface area contributed by atoms with Crippen LogP contribution in [0, 0.1) is 6.92 Å². The second kappa shape index (κ2) is 9.30. The third-order valence-corrected chi connectivity index (χ3v) is 4.07. The van der Waals surface area contributed by atoms with Gasteiger partial charge in [0, 0.05) is 17.7 Å². The van der Waals surface area contributed by atoms with Crippen LogP contribution in [0.25, 0.3) is 11.3 Å². The minimum absolute atomic E-state index is 0.234. The zero-order chi connectivity index (χ0) is 19.1. The lowest BCUT2D eigenvalue weighted by molar-refractivity contribution is 0.666. The number of halogens is 1. The van der Waals surface area contributed by atoms with E-state index >= 15 is 0 Å². The van der Waals surface area contributed by atoms with Gasteiger partial charge in [0.05, 0.1) is 17.1 Å². The van der Waals surface area contributed by atoms with E-state index < -0.39 is 0 Å². The number of nitrogens with one attached hydrogen (secondary N) is 1. The summed E-state index contributed by atoms with van der Waals surface area (Å²) in [5.41, 5.74) is 5.30. The summed E-state index contributed by atoms with van der Waals surface area (Å²) in [6, 6.07) is 9.95. The largest absolute Gasteiger partial charge is 0.314 e. The lowest BCUT2D eigenvalue weighted by atomic mass is 10.0. The molecule has 0 saturated heterocycles. The van der Waals surface area contributed by atoms with Crippen LogP contribution in [0.2, 0.25) is 0 Å². The van der Waals surface area contributed by atoms with Gasteiger partial charge < -0.3 is 5.32 Å². The number of hydrogen-bond acceptors (Lipinski definition) is 2. The molecule has 2 aromatic rings. The summed E-state index contributed by atoms with van der Waals surface area (Å²) in [6.07, 6.45) is 5.99. The molecule has 0 fully saturated rings. The van der Waals surface area contributed by atoms with E-state index in [-0.39, 0.29) is 5.83 Å². The van der Waals surface area contributed by atoms with Gasteiger partial charge in [0.2, 0.25) is 0 Å². The van der Waals surface area contributed by atoms with Crippen LogP contribution >= 0.6 is 0 Å². The van der Waals surface area contributed by atoms with E-state index in [4.69, 9.17) is 5.10 Å². The van der Waals surface area contributed by atoms with E-state index in [1.54, 1.807) is 6.08 Å². The summed E-state index contributed by atoms with van der Waals surface area (Å²) < 4.78 is 16.7. The number of nitrogens with zero attached hydrogens (tertiary/aromatic N) is 2. The van der Waals surface area contributed by atoms with E-state index in [0.717, 1.165) is 22.5 Å². The minimum Gasteiger partial charge on any atom is -0.314 e. The Morgan fingerprint density at radius 1 is 1.19 bits per heavy atom. The van der Waals surface area contributed by atoms with Gasteiger partial charge in [-0.3, -0.25) is 0 Å². The van der Waals surface area contributed by atoms with Gasteiger partial charge in [-0.2, -0.15) is 5.10 Å². The first-order valence-corrected chi connectivity index (χ1v) is 8.99. The van der Waals surface area contributed by atoms with Gasteiger partial charge in [-0.25, -0.2) is 9.07 Å². The number of benzene rings is 1. The van der Waals surface area contributed by atoms with Crippen LogP contribution in [0.3, 0.4) is 0 Å². The highest BCUT2D eigenvalue weighted by Gasteiger charge is 2.20. The maximum atomic E-state index is 14.8. The number of hydrogen-bond donors (Lipinski definition) is 1. The Bertz CT molecular complexity index is 823. The molecule has 138 valence electrons. The molecule has 0 amide bonds. The molecule has 26 heavy (non-hydrogen) atoms. The van der Waals surface area contributed by atoms with Crippen molar-refractivity contribution in [2.24, 2.45) is 0 Å². The maximum absolute atomic E-state index is 14.8. The molecule has 0 aliphatic carbocycles. The standard InChI is InChI=1S/C22H28FN3/c1-6-10-20(23)19(14-13-16(2)3)22-17(4)21(15-24-5)26(25-22)18-11-8-7-9-12-18/h7-14,24H,6,15H2,1-5H3/b19-14+,20-10+. The summed E-state index contributed by atoms with van der Waals surface area (Å²) in [5.74, 6) is -0.234. The Balaban J connectivity index is 2.68.